The average molecular weight is 389 g/mol. The van der Waals surface area contributed by atoms with Gasteiger partial charge in [-0.3, -0.25) is 10.0 Å². The van der Waals surface area contributed by atoms with Crippen molar-refractivity contribution in [2.45, 2.75) is 12.4 Å². The molecule has 5 nitrogen and oxygen atoms in total. The molecule has 2 aromatic carbocycles. The summed E-state index contributed by atoms with van der Waals surface area (Å²) in [6.45, 7) is 0. The predicted octanol–water partition coefficient (Wildman–Crippen LogP) is 4.39. The Morgan fingerprint density at radius 2 is 1.56 bits per heavy atom. The van der Waals surface area contributed by atoms with Crippen LogP contribution in [-0.2, 0) is 12.4 Å². The van der Waals surface area contributed by atoms with Crippen LogP contribution in [-0.4, -0.2) is 21.1 Å². The largest absolute Gasteiger partial charge is 0.416 e. The molecular weight excluding hydrogens is 380 g/mol. The Kier molecular flexibility index (Phi) is 4.34. The maximum absolute atomic E-state index is 13.0. The first-order valence-electron chi connectivity index (χ1n) is 7.23. The van der Waals surface area contributed by atoms with Gasteiger partial charge in [-0.2, -0.15) is 26.3 Å². The lowest BCUT2D eigenvalue weighted by atomic mass is 10.0. The third-order valence-corrected chi connectivity index (χ3v) is 3.71. The molecule has 11 heteroatoms. The Labute approximate surface area is 146 Å². The van der Waals surface area contributed by atoms with Gasteiger partial charge >= 0.3 is 12.4 Å². The van der Waals surface area contributed by atoms with Crippen molar-refractivity contribution in [1.29, 1.82) is 0 Å². The number of hydrogen-bond donors (Lipinski definition) is 3. The van der Waals surface area contributed by atoms with Crippen LogP contribution in [0.25, 0.3) is 22.4 Å². The molecule has 27 heavy (non-hydrogen) atoms. The molecule has 1 heterocycles. The number of H-pyrrole nitrogens is 1. The first-order valence-corrected chi connectivity index (χ1v) is 7.23. The highest BCUT2D eigenvalue weighted by Crippen LogP contribution is 2.38. The highest BCUT2D eigenvalue weighted by molar-refractivity contribution is 5.97. The van der Waals surface area contributed by atoms with Crippen LogP contribution in [0.2, 0.25) is 0 Å². The van der Waals surface area contributed by atoms with E-state index < -0.39 is 35.0 Å². The van der Waals surface area contributed by atoms with Gasteiger partial charge in [-0.05, 0) is 36.4 Å². The molecule has 0 unspecified atom stereocenters. The van der Waals surface area contributed by atoms with E-state index in [4.69, 9.17) is 5.21 Å². The number of imidazole rings is 1. The average Bonchev–Trinajstić information content (AvgIpc) is 3.02. The van der Waals surface area contributed by atoms with Crippen LogP contribution >= 0.6 is 0 Å². The molecule has 1 amide bonds. The fourth-order valence-electron chi connectivity index (χ4n) is 2.44. The summed E-state index contributed by atoms with van der Waals surface area (Å²) < 4.78 is 77.8. The lowest BCUT2D eigenvalue weighted by molar-refractivity contribution is -0.143. The zero-order chi connectivity index (χ0) is 20.0. The molecule has 0 aliphatic heterocycles. The molecule has 0 atom stereocenters. The lowest BCUT2D eigenvalue weighted by Gasteiger charge is -2.13. The molecule has 142 valence electrons. The molecule has 0 aliphatic rings. The van der Waals surface area contributed by atoms with Gasteiger partial charge in [-0.25, -0.2) is 10.5 Å². The topological polar surface area (TPSA) is 78.0 Å². The van der Waals surface area contributed by atoms with E-state index in [-0.39, 0.29) is 28.5 Å². The van der Waals surface area contributed by atoms with E-state index in [2.05, 4.69) is 9.97 Å². The van der Waals surface area contributed by atoms with Crippen LogP contribution < -0.4 is 5.48 Å². The number of nitrogens with one attached hydrogen (secondary N) is 2. The van der Waals surface area contributed by atoms with Crippen molar-refractivity contribution in [3.8, 4) is 11.4 Å². The van der Waals surface area contributed by atoms with Gasteiger partial charge in [-0.15, -0.1) is 0 Å². The van der Waals surface area contributed by atoms with Gasteiger partial charge in [0.2, 0.25) is 0 Å². The van der Waals surface area contributed by atoms with E-state index in [1.807, 2.05) is 0 Å². The van der Waals surface area contributed by atoms with Crippen molar-refractivity contribution in [1.82, 2.24) is 15.4 Å². The number of carbonyl (C=O) groups excluding carboxylic acids is 1. The smallest absolute Gasteiger partial charge is 0.338 e. The minimum absolute atomic E-state index is 0.0141. The molecule has 0 saturated carbocycles. The monoisotopic (exact) mass is 389 g/mol. The van der Waals surface area contributed by atoms with E-state index in [0.29, 0.717) is 12.1 Å². The number of aromatic amines is 1. The van der Waals surface area contributed by atoms with Gasteiger partial charge in [0.25, 0.3) is 5.91 Å². The van der Waals surface area contributed by atoms with Crippen LogP contribution in [0.3, 0.4) is 0 Å². The van der Waals surface area contributed by atoms with Crippen molar-refractivity contribution in [2.75, 3.05) is 0 Å². The second-order valence-electron chi connectivity index (χ2n) is 5.55. The van der Waals surface area contributed by atoms with Crippen LogP contribution in [0, 0.1) is 0 Å². The second-order valence-corrected chi connectivity index (χ2v) is 5.55. The van der Waals surface area contributed by atoms with E-state index in [1.165, 1.54) is 23.7 Å². The number of aromatic nitrogens is 2. The number of benzene rings is 2. The van der Waals surface area contributed by atoms with Gasteiger partial charge in [0, 0.05) is 11.1 Å². The number of rotatable bonds is 2. The minimum Gasteiger partial charge on any atom is -0.338 e. The number of carbonyl (C=O) groups is 1. The predicted molar refractivity (Wildman–Crippen MR) is 80.8 cm³/mol. The van der Waals surface area contributed by atoms with E-state index in [0.717, 1.165) is 0 Å². The molecule has 3 N–H and O–H groups in total. The Bertz CT molecular complexity index is 991. The third-order valence-electron chi connectivity index (χ3n) is 3.71. The Balaban J connectivity index is 2.16. The van der Waals surface area contributed by atoms with E-state index >= 15 is 0 Å². The zero-order valence-electron chi connectivity index (χ0n) is 13.0. The second kappa shape index (κ2) is 6.27. The first kappa shape index (κ1) is 18.7. The van der Waals surface area contributed by atoms with Gasteiger partial charge in [0.1, 0.15) is 5.82 Å². The summed E-state index contributed by atoms with van der Waals surface area (Å²) in [5.41, 5.74) is -1.52. The number of nitrogens with zero attached hydrogens (tertiary/aromatic N) is 1. The summed E-state index contributed by atoms with van der Waals surface area (Å²) >= 11 is 0. The van der Waals surface area contributed by atoms with E-state index in [9.17, 15) is 31.1 Å². The number of hydroxylamine groups is 1. The highest BCUT2D eigenvalue weighted by atomic mass is 19.4. The molecular formula is C16H9F6N3O2. The molecule has 0 radical (unpaired) electrons. The molecule has 0 fully saturated rings. The normalized spacial score (nSPS) is 12.4. The maximum Gasteiger partial charge on any atom is 0.416 e. The van der Waals surface area contributed by atoms with Crippen LogP contribution in [0.4, 0.5) is 26.3 Å². The number of alkyl halides is 6. The van der Waals surface area contributed by atoms with Gasteiger partial charge < -0.3 is 4.98 Å². The van der Waals surface area contributed by atoms with Gasteiger partial charge in [0.05, 0.1) is 22.2 Å². The fraction of sp³-hybridized carbons (Fsp3) is 0.125. The van der Waals surface area contributed by atoms with Crippen molar-refractivity contribution in [3.05, 3.63) is 53.1 Å². The molecule has 3 aromatic rings. The fourth-order valence-corrected chi connectivity index (χ4v) is 2.44. The van der Waals surface area contributed by atoms with Crippen LogP contribution in [0.1, 0.15) is 21.5 Å². The summed E-state index contributed by atoms with van der Waals surface area (Å²) in [5, 5.41) is 8.62. The summed E-state index contributed by atoms with van der Waals surface area (Å²) in [6, 6.07) is 4.98. The Morgan fingerprint density at radius 3 is 2.07 bits per heavy atom. The molecule has 0 saturated heterocycles. The van der Waals surface area contributed by atoms with E-state index in [1.54, 1.807) is 0 Å². The van der Waals surface area contributed by atoms with Crippen LogP contribution in [0.15, 0.2) is 36.4 Å². The maximum atomic E-state index is 13.0. The minimum atomic E-state index is -4.98. The molecule has 3 rings (SSSR count). The van der Waals surface area contributed by atoms with Crippen molar-refractivity contribution in [3.63, 3.8) is 0 Å². The molecule has 0 aliphatic carbocycles. The van der Waals surface area contributed by atoms with Crippen molar-refractivity contribution >= 4 is 16.9 Å². The van der Waals surface area contributed by atoms with Crippen molar-refractivity contribution in [2.24, 2.45) is 0 Å². The first-order chi connectivity index (χ1) is 12.5. The SMILES string of the molecule is O=C(NO)c1ccc2nc(-c3cc(C(F)(F)F)cc(C(F)(F)F)c3)[nH]c2c1. The Morgan fingerprint density at radius 1 is 0.963 bits per heavy atom. The summed E-state index contributed by atoms with van der Waals surface area (Å²) in [7, 11) is 0. The standard InChI is InChI=1S/C16H9F6N3O2/c17-15(18,19)9-3-8(4-10(6-9)16(20,21)22)13-23-11-2-1-7(14(26)25-27)5-12(11)24-13/h1-6,27H,(H,23,24)(H,25,26). The molecule has 0 spiro atoms. The summed E-state index contributed by atoms with van der Waals surface area (Å²) in [5.74, 6) is -1.07. The van der Waals surface area contributed by atoms with Gasteiger partial charge in [-0.1, -0.05) is 0 Å². The number of amides is 1. The summed E-state index contributed by atoms with van der Waals surface area (Å²) in [6.07, 6.45) is -9.96. The van der Waals surface area contributed by atoms with Crippen LogP contribution in [0.5, 0.6) is 0 Å². The van der Waals surface area contributed by atoms with Crippen molar-refractivity contribution < 1.29 is 36.3 Å². The highest BCUT2D eigenvalue weighted by Gasteiger charge is 2.37. The quantitative estimate of drug-likeness (QED) is 0.346. The Hall–Kier alpha value is -3.08. The summed E-state index contributed by atoms with van der Waals surface area (Å²) in [4.78, 5) is 18.0. The number of fused-ring (bicyclic) bond motifs is 1. The molecule has 1 aromatic heterocycles. The third kappa shape index (κ3) is 3.72. The van der Waals surface area contributed by atoms with Gasteiger partial charge in [0.15, 0.2) is 0 Å². The number of halogens is 6. The lowest BCUT2D eigenvalue weighted by Crippen LogP contribution is -2.18. The zero-order valence-corrected chi connectivity index (χ0v) is 13.0. The molecule has 0 bridgehead atoms. The number of hydrogen-bond acceptors (Lipinski definition) is 3.